The monoisotopic (exact) mass is 376 g/mol. The van der Waals surface area contributed by atoms with Crippen molar-refractivity contribution in [1.82, 2.24) is 0 Å². The van der Waals surface area contributed by atoms with Crippen molar-refractivity contribution in [2.75, 3.05) is 23.4 Å². The average molecular weight is 376 g/mol. The average Bonchev–Trinajstić information content (AvgIpc) is 2.62. The number of carbonyl (C=O) groups excluding carboxylic acids is 3. The second-order valence-corrected chi connectivity index (χ2v) is 5.54. The van der Waals surface area contributed by atoms with Crippen molar-refractivity contribution in [3.8, 4) is 0 Å². The second-order valence-electron chi connectivity index (χ2n) is 5.54. The van der Waals surface area contributed by atoms with Gasteiger partial charge in [-0.3, -0.25) is 9.59 Å². The van der Waals surface area contributed by atoms with Crippen LogP contribution in [0.2, 0.25) is 0 Å². The van der Waals surface area contributed by atoms with Crippen molar-refractivity contribution in [2.45, 2.75) is 13.8 Å². The Kier molecular flexibility index (Phi) is 6.59. The first kappa shape index (κ1) is 20.0. The van der Waals surface area contributed by atoms with Gasteiger partial charge in [0.1, 0.15) is 18.2 Å². The molecule has 0 aromatic heterocycles. The predicted molar refractivity (Wildman–Crippen MR) is 95.4 cm³/mol. The number of rotatable bonds is 6. The lowest BCUT2D eigenvalue weighted by Crippen LogP contribution is -2.36. The zero-order valence-corrected chi connectivity index (χ0v) is 14.8. The summed E-state index contributed by atoms with van der Waals surface area (Å²) in [4.78, 5) is 36.9. The Morgan fingerprint density at radius 2 is 1.74 bits per heavy atom. The van der Waals surface area contributed by atoms with Crippen molar-refractivity contribution < 1.29 is 27.9 Å². The van der Waals surface area contributed by atoms with Gasteiger partial charge in [-0.1, -0.05) is 0 Å². The SMILES string of the molecule is CCOC(=O)c1ccc(N(CC(=O)Nc2ccc(F)cc2F)C(C)=O)cc1. The number of ether oxygens (including phenoxy) is 1. The van der Waals surface area contributed by atoms with Crippen molar-refractivity contribution in [2.24, 2.45) is 0 Å². The molecule has 1 N–H and O–H groups in total. The molecule has 142 valence electrons. The van der Waals surface area contributed by atoms with Crippen LogP contribution in [0.25, 0.3) is 0 Å². The lowest BCUT2D eigenvalue weighted by atomic mass is 10.2. The van der Waals surface area contributed by atoms with E-state index in [-0.39, 0.29) is 18.8 Å². The molecule has 0 aliphatic rings. The van der Waals surface area contributed by atoms with Crippen LogP contribution in [0.4, 0.5) is 20.2 Å². The minimum atomic E-state index is -0.920. The molecule has 0 aliphatic carbocycles. The van der Waals surface area contributed by atoms with Gasteiger partial charge in [-0.05, 0) is 43.3 Å². The van der Waals surface area contributed by atoms with Gasteiger partial charge >= 0.3 is 5.97 Å². The molecule has 0 atom stereocenters. The quantitative estimate of drug-likeness (QED) is 0.786. The first-order valence-electron chi connectivity index (χ1n) is 8.12. The highest BCUT2D eigenvalue weighted by Crippen LogP contribution is 2.18. The minimum absolute atomic E-state index is 0.192. The number of nitrogens with one attached hydrogen (secondary N) is 1. The van der Waals surface area contributed by atoms with E-state index in [1.807, 2.05) is 0 Å². The summed E-state index contributed by atoms with van der Waals surface area (Å²) in [6.07, 6.45) is 0. The molecule has 6 nitrogen and oxygen atoms in total. The van der Waals surface area contributed by atoms with Gasteiger partial charge in [0.25, 0.3) is 0 Å². The van der Waals surface area contributed by atoms with Crippen molar-refractivity contribution in [3.63, 3.8) is 0 Å². The van der Waals surface area contributed by atoms with E-state index >= 15 is 0 Å². The number of anilines is 2. The number of benzene rings is 2. The fourth-order valence-corrected chi connectivity index (χ4v) is 2.30. The van der Waals surface area contributed by atoms with Crippen molar-refractivity contribution in [3.05, 3.63) is 59.7 Å². The van der Waals surface area contributed by atoms with Crippen LogP contribution in [-0.4, -0.2) is 30.9 Å². The summed E-state index contributed by atoms with van der Waals surface area (Å²) < 4.78 is 31.4. The molecule has 27 heavy (non-hydrogen) atoms. The molecule has 2 aromatic rings. The highest BCUT2D eigenvalue weighted by Gasteiger charge is 2.18. The molecule has 2 aromatic carbocycles. The fourth-order valence-electron chi connectivity index (χ4n) is 2.30. The molecule has 0 heterocycles. The zero-order chi connectivity index (χ0) is 20.0. The van der Waals surface area contributed by atoms with Crippen LogP contribution in [0.1, 0.15) is 24.2 Å². The molecule has 0 aliphatic heterocycles. The Balaban J connectivity index is 2.11. The lowest BCUT2D eigenvalue weighted by molar-refractivity contribution is -0.120. The van der Waals surface area contributed by atoms with Gasteiger partial charge < -0.3 is 15.0 Å². The Hall–Kier alpha value is -3.29. The molecule has 0 saturated carbocycles. The van der Waals surface area contributed by atoms with Gasteiger partial charge in [0.15, 0.2) is 0 Å². The summed E-state index contributed by atoms with van der Waals surface area (Å²) >= 11 is 0. The minimum Gasteiger partial charge on any atom is -0.462 e. The van der Waals surface area contributed by atoms with E-state index in [1.54, 1.807) is 6.92 Å². The zero-order valence-electron chi connectivity index (χ0n) is 14.8. The summed E-state index contributed by atoms with van der Waals surface area (Å²) in [5.41, 5.74) is 0.495. The van der Waals surface area contributed by atoms with Crippen molar-refractivity contribution in [1.29, 1.82) is 0 Å². The number of hydrogen-bond donors (Lipinski definition) is 1. The molecule has 2 amide bonds. The van der Waals surface area contributed by atoms with Crippen LogP contribution >= 0.6 is 0 Å². The number of halogens is 2. The first-order valence-corrected chi connectivity index (χ1v) is 8.12. The van der Waals surface area contributed by atoms with Gasteiger partial charge in [-0.15, -0.1) is 0 Å². The second kappa shape index (κ2) is 8.88. The molecule has 0 fully saturated rings. The Morgan fingerprint density at radius 1 is 1.07 bits per heavy atom. The maximum Gasteiger partial charge on any atom is 0.338 e. The smallest absolute Gasteiger partial charge is 0.338 e. The molecular formula is C19H18F2N2O4. The fraction of sp³-hybridized carbons (Fsp3) is 0.211. The standard InChI is InChI=1S/C19H18F2N2O4/c1-3-27-19(26)13-4-7-15(8-5-13)23(12(2)24)11-18(25)22-17-9-6-14(20)10-16(17)21/h4-10H,3,11H2,1-2H3,(H,22,25). The first-order chi connectivity index (χ1) is 12.8. The predicted octanol–water partition coefficient (Wildman–Crippen LogP) is 3.13. The molecule has 0 unspecified atom stereocenters. The molecule has 0 bridgehead atoms. The lowest BCUT2D eigenvalue weighted by Gasteiger charge is -2.21. The molecule has 2 rings (SSSR count). The van der Waals surface area contributed by atoms with Gasteiger partial charge in [-0.2, -0.15) is 0 Å². The number of amides is 2. The Labute approximate surface area is 154 Å². The third kappa shape index (κ3) is 5.34. The van der Waals surface area contributed by atoms with Crippen LogP contribution in [0, 0.1) is 11.6 Å². The normalized spacial score (nSPS) is 10.2. The topological polar surface area (TPSA) is 75.7 Å². The maximum atomic E-state index is 13.6. The summed E-state index contributed by atoms with van der Waals surface area (Å²) in [7, 11) is 0. The summed E-state index contributed by atoms with van der Waals surface area (Å²) in [5.74, 6) is -3.27. The third-order valence-electron chi connectivity index (χ3n) is 3.58. The van der Waals surface area contributed by atoms with E-state index in [0.717, 1.165) is 17.0 Å². The van der Waals surface area contributed by atoms with E-state index in [0.29, 0.717) is 17.3 Å². The van der Waals surface area contributed by atoms with E-state index < -0.39 is 29.4 Å². The van der Waals surface area contributed by atoms with Gasteiger partial charge in [0.2, 0.25) is 11.8 Å². The van der Waals surface area contributed by atoms with E-state index in [1.165, 1.54) is 31.2 Å². The highest BCUT2D eigenvalue weighted by molar-refractivity contribution is 6.02. The molecule has 8 heteroatoms. The number of hydrogen-bond acceptors (Lipinski definition) is 4. The molecular weight excluding hydrogens is 358 g/mol. The number of nitrogens with zero attached hydrogens (tertiary/aromatic N) is 1. The van der Waals surface area contributed by atoms with Crippen LogP contribution in [0.3, 0.4) is 0 Å². The van der Waals surface area contributed by atoms with Gasteiger partial charge in [-0.25, -0.2) is 13.6 Å². The van der Waals surface area contributed by atoms with Gasteiger partial charge in [0, 0.05) is 18.7 Å². The van der Waals surface area contributed by atoms with Crippen LogP contribution in [-0.2, 0) is 14.3 Å². The Morgan fingerprint density at radius 3 is 2.30 bits per heavy atom. The third-order valence-corrected chi connectivity index (χ3v) is 3.58. The van der Waals surface area contributed by atoms with E-state index in [9.17, 15) is 23.2 Å². The van der Waals surface area contributed by atoms with Crippen molar-refractivity contribution >= 4 is 29.2 Å². The summed E-state index contributed by atoms with van der Waals surface area (Å²) in [6.45, 7) is 2.81. The maximum absolute atomic E-state index is 13.6. The largest absolute Gasteiger partial charge is 0.462 e. The molecule has 0 saturated heterocycles. The summed E-state index contributed by atoms with van der Waals surface area (Å²) in [6, 6.07) is 8.69. The number of esters is 1. The van der Waals surface area contributed by atoms with Crippen LogP contribution in [0.5, 0.6) is 0 Å². The van der Waals surface area contributed by atoms with Crippen LogP contribution in [0.15, 0.2) is 42.5 Å². The Bertz CT molecular complexity index is 853. The number of carbonyl (C=O) groups is 3. The van der Waals surface area contributed by atoms with E-state index in [4.69, 9.17) is 4.74 Å². The molecule has 0 spiro atoms. The van der Waals surface area contributed by atoms with E-state index in [2.05, 4.69) is 5.32 Å². The van der Waals surface area contributed by atoms with Gasteiger partial charge in [0.05, 0.1) is 17.9 Å². The molecule has 0 radical (unpaired) electrons. The summed E-state index contributed by atoms with van der Waals surface area (Å²) in [5, 5.41) is 2.29. The highest BCUT2D eigenvalue weighted by atomic mass is 19.1. The van der Waals surface area contributed by atoms with Crippen LogP contribution < -0.4 is 10.2 Å².